The van der Waals surface area contributed by atoms with Crippen molar-refractivity contribution in [3.05, 3.63) is 35.4 Å². The number of benzene rings is 1. The zero-order chi connectivity index (χ0) is 12.8. The van der Waals surface area contributed by atoms with Crippen molar-refractivity contribution in [2.45, 2.75) is 46.6 Å². The van der Waals surface area contributed by atoms with Crippen LogP contribution in [-0.2, 0) is 6.42 Å². The molecule has 1 aliphatic rings. The van der Waals surface area contributed by atoms with Crippen LogP contribution in [0.3, 0.4) is 0 Å². The molecule has 1 atom stereocenters. The summed E-state index contributed by atoms with van der Waals surface area (Å²) in [6.45, 7) is 10.1. The quantitative estimate of drug-likeness (QED) is 0.699. The minimum Gasteiger partial charge on any atom is -0.299 e. The molecule has 0 bridgehead atoms. The van der Waals surface area contributed by atoms with Gasteiger partial charge in [-0.15, -0.1) is 0 Å². The van der Waals surface area contributed by atoms with Gasteiger partial charge in [-0.2, -0.15) is 0 Å². The fraction of sp³-hybridized carbons (Fsp3) is 0.625. The van der Waals surface area contributed by atoms with Crippen molar-refractivity contribution in [3.8, 4) is 0 Å². The molecule has 0 aliphatic carbocycles. The molecule has 0 fully saturated rings. The van der Waals surface area contributed by atoms with Crippen LogP contribution in [-0.4, -0.2) is 18.5 Å². The van der Waals surface area contributed by atoms with Gasteiger partial charge in [-0.3, -0.25) is 4.90 Å². The number of nitrogens with zero attached hydrogens (tertiary/aromatic N) is 1. The molecule has 0 aromatic heterocycles. The number of hydrogen-bond acceptors (Lipinski definition) is 1. The first-order valence-electron chi connectivity index (χ1n) is 6.89. The van der Waals surface area contributed by atoms with Gasteiger partial charge in [-0.25, -0.2) is 0 Å². The molecule has 96 valence electrons. The molecule has 1 heteroatoms. The number of hydrogen-bond donors (Lipinski definition) is 0. The Hall–Kier alpha value is -0.820. The van der Waals surface area contributed by atoms with E-state index in [4.69, 9.17) is 0 Å². The van der Waals surface area contributed by atoms with Crippen LogP contribution < -0.4 is 0 Å². The summed E-state index contributed by atoms with van der Waals surface area (Å²) in [5, 5.41) is 0. The summed E-state index contributed by atoms with van der Waals surface area (Å²) in [5.74, 6) is 0.696. The van der Waals surface area contributed by atoms with E-state index >= 15 is 0 Å². The van der Waals surface area contributed by atoms with Crippen LogP contribution in [0, 0.1) is 5.92 Å². The third-order valence-electron chi connectivity index (χ3n) is 3.21. The van der Waals surface area contributed by atoms with Gasteiger partial charge in [0.25, 0.3) is 0 Å². The Balaban J connectivity index is 0.000000437. The standard InChI is InChI=1S/C13H19N.C3H8/c1-10(2)13-12-7-5-4-6-11(12)8-9-14(13)3;1-3-2/h4-7,10,13H,8-9H2,1-3H3;3H2,1-2H3. The van der Waals surface area contributed by atoms with E-state index < -0.39 is 0 Å². The zero-order valence-electron chi connectivity index (χ0n) is 12.0. The monoisotopic (exact) mass is 233 g/mol. The van der Waals surface area contributed by atoms with Crippen molar-refractivity contribution in [2.75, 3.05) is 13.6 Å². The molecule has 1 aromatic rings. The SMILES string of the molecule is CC(C)C1c2ccccc2CCN1C.CCC. The van der Waals surface area contributed by atoms with Gasteiger partial charge in [0, 0.05) is 12.6 Å². The molecular weight excluding hydrogens is 206 g/mol. The van der Waals surface area contributed by atoms with Gasteiger partial charge >= 0.3 is 0 Å². The van der Waals surface area contributed by atoms with Crippen molar-refractivity contribution in [1.29, 1.82) is 0 Å². The third-order valence-corrected chi connectivity index (χ3v) is 3.21. The Morgan fingerprint density at radius 2 is 1.82 bits per heavy atom. The van der Waals surface area contributed by atoms with Crippen LogP contribution in [0.5, 0.6) is 0 Å². The maximum absolute atomic E-state index is 2.48. The summed E-state index contributed by atoms with van der Waals surface area (Å²) in [6.07, 6.45) is 2.45. The van der Waals surface area contributed by atoms with Gasteiger partial charge in [0.2, 0.25) is 0 Å². The van der Waals surface area contributed by atoms with E-state index in [1.807, 2.05) is 0 Å². The minimum atomic E-state index is 0.611. The molecule has 2 rings (SSSR count). The van der Waals surface area contributed by atoms with Gasteiger partial charge in [0.05, 0.1) is 0 Å². The second-order valence-corrected chi connectivity index (χ2v) is 5.33. The van der Waals surface area contributed by atoms with Crippen LogP contribution in [0.4, 0.5) is 0 Å². The Bertz CT molecular complexity index is 330. The molecule has 0 amide bonds. The molecule has 1 nitrogen and oxygen atoms in total. The highest BCUT2D eigenvalue weighted by Crippen LogP contribution is 2.33. The molecule has 0 radical (unpaired) electrons. The molecule has 0 N–H and O–H groups in total. The molecule has 1 heterocycles. The van der Waals surface area contributed by atoms with E-state index in [9.17, 15) is 0 Å². The van der Waals surface area contributed by atoms with Crippen molar-refractivity contribution in [1.82, 2.24) is 4.90 Å². The van der Waals surface area contributed by atoms with Gasteiger partial charge in [-0.05, 0) is 30.5 Å². The predicted molar refractivity (Wildman–Crippen MR) is 76.3 cm³/mol. The lowest BCUT2D eigenvalue weighted by Gasteiger charge is -2.37. The molecule has 0 saturated heterocycles. The Kier molecular flexibility index (Phi) is 5.70. The lowest BCUT2D eigenvalue weighted by Crippen LogP contribution is -2.34. The summed E-state index contributed by atoms with van der Waals surface area (Å²) < 4.78 is 0. The summed E-state index contributed by atoms with van der Waals surface area (Å²) in [6, 6.07) is 9.49. The number of fused-ring (bicyclic) bond motifs is 1. The maximum atomic E-state index is 2.48. The largest absolute Gasteiger partial charge is 0.299 e. The lowest BCUT2D eigenvalue weighted by molar-refractivity contribution is 0.181. The highest BCUT2D eigenvalue weighted by atomic mass is 15.1. The van der Waals surface area contributed by atoms with E-state index in [1.54, 1.807) is 5.56 Å². The lowest BCUT2D eigenvalue weighted by atomic mass is 9.87. The summed E-state index contributed by atoms with van der Waals surface area (Å²) in [7, 11) is 2.24. The number of rotatable bonds is 1. The zero-order valence-corrected chi connectivity index (χ0v) is 12.0. The smallest absolute Gasteiger partial charge is 0.0370 e. The summed E-state index contributed by atoms with van der Waals surface area (Å²) in [4.78, 5) is 2.48. The normalized spacial score (nSPS) is 19.5. The molecule has 0 spiro atoms. The van der Waals surface area contributed by atoms with Crippen molar-refractivity contribution in [2.24, 2.45) is 5.92 Å². The summed E-state index contributed by atoms with van der Waals surface area (Å²) >= 11 is 0. The Labute approximate surface area is 107 Å². The highest BCUT2D eigenvalue weighted by Gasteiger charge is 2.26. The van der Waals surface area contributed by atoms with Gasteiger partial charge in [-0.1, -0.05) is 58.4 Å². The van der Waals surface area contributed by atoms with E-state index in [0.29, 0.717) is 12.0 Å². The Morgan fingerprint density at radius 1 is 1.24 bits per heavy atom. The minimum absolute atomic E-state index is 0.611. The third kappa shape index (κ3) is 3.57. The van der Waals surface area contributed by atoms with Crippen LogP contribution in [0.1, 0.15) is 51.3 Å². The predicted octanol–water partition coefficient (Wildman–Crippen LogP) is 4.29. The van der Waals surface area contributed by atoms with E-state index in [1.165, 1.54) is 24.9 Å². The highest BCUT2D eigenvalue weighted by molar-refractivity contribution is 5.32. The van der Waals surface area contributed by atoms with Crippen LogP contribution >= 0.6 is 0 Å². The first kappa shape index (κ1) is 14.2. The Morgan fingerprint density at radius 3 is 2.41 bits per heavy atom. The second-order valence-electron chi connectivity index (χ2n) is 5.33. The fourth-order valence-electron chi connectivity index (χ4n) is 2.59. The van der Waals surface area contributed by atoms with E-state index in [-0.39, 0.29) is 0 Å². The molecule has 1 unspecified atom stereocenters. The fourth-order valence-corrected chi connectivity index (χ4v) is 2.59. The van der Waals surface area contributed by atoms with Crippen molar-refractivity contribution in [3.63, 3.8) is 0 Å². The topological polar surface area (TPSA) is 3.24 Å². The van der Waals surface area contributed by atoms with Crippen molar-refractivity contribution >= 4 is 0 Å². The molecular formula is C16H27N. The first-order chi connectivity index (χ1) is 8.11. The average molecular weight is 233 g/mol. The van der Waals surface area contributed by atoms with Gasteiger partial charge in [0.15, 0.2) is 0 Å². The first-order valence-corrected chi connectivity index (χ1v) is 6.89. The van der Waals surface area contributed by atoms with E-state index in [0.717, 1.165) is 0 Å². The van der Waals surface area contributed by atoms with Gasteiger partial charge < -0.3 is 0 Å². The van der Waals surface area contributed by atoms with Crippen molar-refractivity contribution < 1.29 is 0 Å². The molecule has 1 aliphatic heterocycles. The maximum Gasteiger partial charge on any atom is 0.0370 e. The number of likely N-dealkylation sites (N-methyl/N-ethyl adjacent to an activating group) is 1. The molecule has 1 aromatic carbocycles. The van der Waals surface area contributed by atoms with Crippen LogP contribution in [0.15, 0.2) is 24.3 Å². The second kappa shape index (κ2) is 6.80. The summed E-state index contributed by atoms with van der Waals surface area (Å²) in [5.41, 5.74) is 3.08. The molecule has 17 heavy (non-hydrogen) atoms. The van der Waals surface area contributed by atoms with Crippen LogP contribution in [0.2, 0.25) is 0 Å². The van der Waals surface area contributed by atoms with Crippen LogP contribution in [0.25, 0.3) is 0 Å². The van der Waals surface area contributed by atoms with E-state index in [2.05, 4.69) is 63.9 Å². The van der Waals surface area contributed by atoms with Gasteiger partial charge in [0.1, 0.15) is 0 Å². The average Bonchev–Trinajstić information content (AvgIpc) is 2.29. The molecule has 0 saturated carbocycles.